The van der Waals surface area contributed by atoms with Crippen LogP contribution in [0.1, 0.15) is 18.6 Å². The van der Waals surface area contributed by atoms with E-state index in [0.717, 1.165) is 11.8 Å². The Balaban J connectivity index is 1.55. The molecule has 206 valence electrons. The van der Waals surface area contributed by atoms with Gasteiger partial charge in [-0.3, -0.25) is 9.59 Å². The van der Waals surface area contributed by atoms with Crippen LogP contribution in [-0.4, -0.2) is 33.1 Å². The molecule has 1 atom stereocenters. The minimum Gasteiger partial charge on any atom is -0.497 e. The summed E-state index contributed by atoms with van der Waals surface area (Å²) in [4.78, 5) is 26.0. The summed E-state index contributed by atoms with van der Waals surface area (Å²) in [5, 5.41) is 24.3. The number of anilines is 2. The van der Waals surface area contributed by atoms with E-state index in [4.69, 9.17) is 14.3 Å². The zero-order chi connectivity index (χ0) is 28.9. The van der Waals surface area contributed by atoms with Crippen LogP contribution in [0.3, 0.4) is 0 Å². The van der Waals surface area contributed by atoms with Crippen LogP contribution in [0.4, 0.5) is 11.4 Å². The van der Waals surface area contributed by atoms with Crippen LogP contribution >= 0.6 is 11.8 Å². The van der Waals surface area contributed by atoms with Crippen LogP contribution < -0.4 is 25.8 Å². The number of methoxy groups -OCH3 is 1. The van der Waals surface area contributed by atoms with Crippen molar-refractivity contribution in [3.05, 3.63) is 94.6 Å². The maximum atomic E-state index is 13.4. The third kappa shape index (κ3) is 6.55. The highest BCUT2D eigenvalue weighted by molar-refractivity contribution is 8.03. The molecule has 0 spiro atoms. The number of carbonyl (C=O) groups excluding carboxylic acids is 2. The van der Waals surface area contributed by atoms with Crippen LogP contribution in [-0.2, 0) is 19.6 Å². The first kappa shape index (κ1) is 28.5. The fourth-order valence-corrected chi connectivity index (χ4v) is 5.41. The second-order valence-corrected chi connectivity index (χ2v) is 11.1. The maximum absolute atomic E-state index is 13.4. The van der Waals surface area contributed by atoms with Gasteiger partial charge in [-0.1, -0.05) is 11.8 Å². The van der Waals surface area contributed by atoms with Gasteiger partial charge in [-0.05, 0) is 67.6 Å². The number of carbonyl (C=O) groups is 2. The van der Waals surface area contributed by atoms with Gasteiger partial charge in [0.15, 0.2) is 0 Å². The zero-order valence-corrected chi connectivity index (χ0v) is 23.1. The molecule has 0 bridgehead atoms. The highest BCUT2D eigenvalue weighted by Gasteiger charge is 2.36. The summed E-state index contributed by atoms with van der Waals surface area (Å²) < 4.78 is 33.8. The lowest BCUT2D eigenvalue weighted by Gasteiger charge is -2.28. The lowest BCUT2D eigenvalue weighted by molar-refractivity contribution is -0.114. The summed E-state index contributed by atoms with van der Waals surface area (Å²) in [5.74, 6) is -0.636. The van der Waals surface area contributed by atoms with Gasteiger partial charge < -0.3 is 25.1 Å². The standard InChI is InChI=1S/C27H25N5O6S2/c1-16-24(26(34)32-18-7-11-20(12-8-18)40(29,35)36)25(22-4-3-13-38-22)21(14-28)27(30-16)39-15-23(33)31-17-5-9-19(37-2)10-6-17/h3-13,25,30H,15H2,1-2H3,(H,31,33)(H,32,34)(H2,29,35,36)/t25-/m0/s1. The molecule has 2 heterocycles. The van der Waals surface area contributed by atoms with Crippen LogP contribution in [0.15, 0.2) is 98.1 Å². The SMILES string of the molecule is COc1ccc(NC(=O)CSC2=C(C#N)[C@@H](c3ccco3)C(C(=O)Nc3ccc(S(N)(=O)=O)cc3)=C(C)N2)cc1. The molecule has 40 heavy (non-hydrogen) atoms. The van der Waals surface area contributed by atoms with Crippen LogP contribution in [0.25, 0.3) is 0 Å². The van der Waals surface area contributed by atoms with Crippen molar-refractivity contribution in [2.45, 2.75) is 17.7 Å². The number of dihydropyridines is 1. The van der Waals surface area contributed by atoms with Crippen molar-refractivity contribution in [3.8, 4) is 11.8 Å². The van der Waals surface area contributed by atoms with Gasteiger partial charge in [0.1, 0.15) is 11.5 Å². The van der Waals surface area contributed by atoms with E-state index in [2.05, 4.69) is 22.0 Å². The van der Waals surface area contributed by atoms with E-state index >= 15 is 0 Å². The Kier molecular flexibility index (Phi) is 8.64. The molecule has 2 amide bonds. The van der Waals surface area contributed by atoms with E-state index in [9.17, 15) is 23.3 Å². The number of allylic oxidation sites excluding steroid dienone is 2. The lowest BCUT2D eigenvalue weighted by atomic mass is 9.85. The van der Waals surface area contributed by atoms with Gasteiger partial charge in [-0.2, -0.15) is 5.26 Å². The van der Waals surface area contributed by atoms with E-state index < -0.39 is 21.8 Å². The molecule has 0 aliphatic carbocycles. The van der Waals surface area contributed by atoms with Crippen molar-refractivity contribution in [1.29, 1.82) is 5.26 Å². The molecule has 0 fully saturated rings. The Labute approximate surface area is 235 Å². The largest absolute Gasteiger partial charge is 0.497 e. The topological polar surface area (TPSA) is 177 Å². The molecular formula is C27H25N5O6S2. The monoisotopic (exact) mass is 579 g/mol. The first-order valence-electron chi connectivity index (χ1n) is 11.8. The molecule has 2 aromatic carbocycles. The summed E-state index contributed by atoms with van der Waals surface area (Å²) in [6.07, 6.45) is 1.44. The number of nitrogens with one attached hydrogen (secondary N) is 3. The number of furan rings is 1. The molecular weight excluding hydrogens is 554 g/mol. The number of nitrogens with zero attached hydrogens (tertiary/aromatic N) is 1. The number of ether oxygens (including phenoxy) is 1. The molecule has 4 rings (SSSR count). The Morgan fingerprint density at radius 2 is 1.75 bits per heavy atom. The van der Waals surface area contributed by atoms with Gasteiger partial charge in [-0.25, -0.2) is 13.6 Å². The van der Waals surface area contributed by atoms with Crippen molar-refractivity contribution < 1.29 is 27.2 Å². The second kappa shape index (κ2) is 12.1. The predicted molar refractivity (Wildman–Crippen MR) is 150 cm³/mol. The first-order valence-corrected chi connectivity index (χ1v) is 14.3. The minimum absolute atomic E-state index is 0.00434. The average Bonchev–Trinajstić information content (AvgIpc) is 3.46. The van der Waals surface area contributed by atoms with Crippen molar-refractivity contribution in [1.82, 2.24) is 5.32 Å². The number of benzene rings is 2. The van der Waals surface area contributed by atoms with Gasteiger partial charge in [0.25, 0.3) is 5.91 Å². The fourth-order valence-electron chi connectivity index (χ4n) is 4.00. The molecule has 1 aliphatic heterocycles. The summed E-state index contributed by atoms with van der Waals surface area (Å²) >= 11 is 1.12. The minimum atomic E-state index is -3.89. The predicted octanol–water partition coefficient (Wildman–Crippen LogP) is 3.64. The Morgan fingerprint density at radius 1 is 1.10 bits per heavy atom. The van der Waals surface area contributed by atoms with Crippen molar-refractivity contribution in [2.24, 2.45) is 5.14 Å². The number of thioether (sulfide) groups is 1. The quantitative estimate of drug-likeness (QED) is 0.295. The molecule has 3 aromatic rings. The number of hydrogen-bond donors (Lipinski definition) is 4. The van der Waals surface area contributed by atoms with Gasteiger partial charge in [0, 0.05) is 17.1 Å². The molecule has 1 aliphatic rings. The average molecular weight is 580 g/mol. The first-order chi connectivity index (χ1) is 19.1. The number of nitriles is 1. The van der Waals surface area contributed by atoms with Crippen LogP contribution in [0.2, 0.25) is 0 Å². The number of rotatable bonds is 9. The van der Waals surface area contributed by atoms with E-state index in [0.29, 0.717) is 33.6 Å². The lowest BCUT2D eigenvalue weighted by Crippen LogP contribution is -2.31. The Bertz CT molecular complexity index is 1620. The Hall–Kier alpha value is -4.51. The molecule has 0 unspecified atom stereocenters. The highest BCUT2D eigenvalue weighted by atomic mass is 32.2. The van der Waals surface area contributed by atoms with E-state index in [1.165, 1.54) is 30.5 Å². The summed E-state index contributed by atoms with van der Waals surface area (Å²) in [6, 6.07) is 17.7. The molecule has 0 saturated carbocycles. The third-order valence-electron chi connectivity index (χ3n) is 5.88. The van der Waals surface area contributed by atoms with E-state index in [-0.39, 0.29) is 27.7 Å². The van der Waals surface area contributed by atoms with Crippen LogP contribution in [0, 0.1) is 11.3 Å². The number of hydrogen-bond acceptors (Lipinski definition) is 9. The molecule has 0 saturated heterocycles. The van der Waals surface area contributed by atoms with Gasteiger partial charge >= 0.3 is 0 Å². The number of primary sulfonamides is 1. The zero-order valence-electron chi connectivity index (χ0n) is 21.4. The van der Waals surface area contributed by atoms with Crippen LogP contribution in [0.5, 0.6) is 5.75 Å². The third-order valence-corrected chi connectivity index (χ3v) is 7.83. The number of sulfonamides is 1. The summed E-state index contributed by atoms with van der Waals surface area (Å²) in [7, 11) is -2.33. The Morgan fingerprint density at radius 3 is 2.33 bits per heavy atom. The molecule has 1 aromatic heterocycles. The summed E-state index contributed by atoms with van der Waals surface area (Å²) in [5.41, 5.74) is 1.82. The smallest absolute Gasteiger partial charge is 0.254 e. The second-order valence-electron chi connectivity index (χ2n) is 8.56. The van der Waals surface area contributed by atoms with Crippen molar-refractivity contribution in [2.75, 3.05) is 23.5 Å². The van der Waals surface area contributed by atoms with E-state index in [1.54, 1.807) is 50.4 Å². The molecule has 11 nitrogen and oxygen atoms in total. The molecule has 13 heteroatoms. The number of amides is 2. The van der Waals surface area contributed by atoms with Gasteiger partial charge in [0.05, 0.1) is 52.2 Å². The summed E-state index contributed by atoms with van der Waals surface area (Å²) in [6.45, 7) is 1.68. The fraction of sp³-hybridized carbons (Fsp3) is 0.148. The molecule has 5 N–H and O–H groups in total. The number of nitrogens with two attached hydrogens (primary N) is 1. The highest BCUT2D eigenvalue weighted by Crippen LogP contribution is 2.41. The van der Waals surface area contributed by atoms with Gasteiger partial charge in [0.2, 0.25) is 15.9 Å². The van der Waals surface area contributed by atoms with Crippen molar-refractivity contribution >= 4 is 45.0 Å². The normalized spacial score (nSPS) is 15.2. The molecule has 0 radical (unpaired) electrons. The van der Waals surface area contributed by atoms with Crippen molar-refractivity contribution in [3.63, 3.8) is 0 Å². The van der Waals surface area contributed by atoms with Gasteiger partial charge in [-0.15, -0.1) is 0 Å². The maximum Gasteiger partial charge on any atom is 0.254 e. The van der Waals surface area contributed by atoms with E-state index in [1.807, 2.05) is 0 Å².